The molecule has 0 saturated carbocycles. The van der Waals surface area contributed by atoms with Gasteiger partial charge in [-0.2, -0.15) is 0 Å². The fourth-order valence-electron chi connectivity index (χ4n) is 4.05. The third-order valence-corrected chi connectivity index (χ3v) is 9.49. The number of benzene rings is 1. The van der Waals surface area contributed by atoms with Crippen LogP contribution in [0, 0.1) is 0 Å². The molecule has 14 heteroatoms. The number of carboxylic acids is 1. The van der Waals surface area contributed by atoms with Gasteiger partial charge in [0.05, 0.1) is 6.42 Å². The molecule has 1 aromatic carbocycles. The summed E-state index contributed by atoms with van der Waals surface area (Å²) in [6.07, 6.45) is 3.66. The molecule has 11 nitrogen and oxygen atoms in total. The number of hydrogen-bond acceptors (Lipinski definition) is 10. The van der Waals surface area contributed by atoms with E-state index in [0.29, 0.717) is 22.2 Å². The van der Waals surface area contributed by atoms with Crippen molar-refractivity contribution in [2.24, 2.45) is 7.05 Å². The minimum atomic E-state index is -1.16. The predicted octanol–water partition coefficient (Wildman–Crippen LogP) is 1.97. The molecule has 3 aromatic rings. The zero-order valence-corrected chi connectivity index (χ0v) is 22.6. The smallest absolute Gasteiger partial charge is 0.352 e. The molecule has 2 amide bonds. The summed E-state index contributed by atoms with van der Waals surface area (Å²) >= 11 is 4.45. The molecule has 5 rings (SSSR count). The third kappa shape index (κ3) is 5.71. The lowest BCUT2D eigenvalue weighted by atomic mass is 10.0. The van der Waals surface area contributed by atoms with Crippen molar-refractivity contribution in [2.45, 2.75) is 33.6 Å². The van der Waals surface area contributed by atoms with E-state index in [1.54, 1.807) is 31.2 Å². The molecule has 0 spiro atoms. The first kappa shape index (κ1) is 26.3. The van der Waals surface area contributed by atoms with Crippen LogP contribution in [0.5, 0.6) is 0 Å². The maximum Gasteiger partial charge on any atom is 0.352 e. The summed E-state index contributed by atoms with van der Waals surface area (Å²) in [5.41, 5.74) is 2.57. The number of β-lactam (4-membered cyclic amide) rings is 1. The molecule has 1 saturated heterocycles. The van der Waals surface area contributed by atoms with Gasteiger partial charge >= 0.3 is 5.97 Å². The second kappa shape index (κ2) is 11.6. The summed E-state index contributed by atoms with van der Waals surface area (Å²) in [6, 6.07) is 11.0. The maximum atomic E-state index is 12.9. The Balaban J connectivity index is 1.16. The van der Waals surface area contributed by atoms with Gasteiger partial charge in [0.2, 0.25) is 11.1 Å². The highest BCUT2D eigenvalue weighted by Gasteiger charge is 2.54. The van der Waals surface area contributed by atoms with E-state index in [2.05, 4.69) is 25.8 Å². The van der Waals surface area contributed by atoms with Gasteiger partial charge in [-0.15, -0.1) is 28.6 Å². The van der Waals surface area contributed by atoms with Gasteiger partial charge in [0.25, 0.3) is 5.91 Å². The number of aromatic nitrogens is 5. The molecule has 2 N–H and O–H groups in total. The number of amides is 2. The van der Waals surface area contributed by atoms with E-state index in [4.69, 9.17) is 0 Å². The Morgan fingerprint density at radius 2 is 1.84 bits per heavy atom. The van der Waals surface area contributed by atoms with E-state index in [9.17, 15) is 19.5 Å². The monoisotopic (exact) mass is 569 g/mol. The number of carbonyl (C=O) groups is 3. The van der Waals surface area contributed by atoms with Crippen LogP contribution in [0.2, 0.25) is 0 Å². The molecule has 2 atom stereocenters. The zero-order chi connectivity index (χ0) is 26.6. The van der Waals surface area contributed by atoms with E-state index in [1.165, 1.54) is 33.1 Å². The standard InChI is InChI=1S/C24H23N7O4S3/c1-30-24(27-28-29-30)38-13-16-12-37-22-19(21(33)31(22)20(16)23(34)35)26-18(32)10-14-2-4-15(5-3-14)11-36-17-6-8-25-9-7-17/h2-9,19,22H,10-13H2,1H3,(H,26,32)(H,34,35). The maximum absolute atomic E-state index is 12.9. The van der Waals surface area contributed by atoms with Crippen molar-refractivity contribution in [3.63, 3.8) is 0 Å². The number of thioether (sulfide) groups is 3. The first-order chi connectivity index (χ1) is 18.4. The van der Waals surface area contributed by atoms with Crippen molar-refractivity contribution >= 4 is 53.1 Å². The summed E-state index contributed by atoms with van der Waals surface area (Å²) in [5, 5.41) is 24.0. The topological polar surface area (TPSA) is 143 Å². The summed E-state index contributed by atoms with van der Waals surface area (Å²) in [4.78, 5) is 44.1. The lowest BCUT2D eigenvalue weighted by molar-refractivity contribution is -0.150. The highest BCUT2D eigenvalue weighted by Crippen LogP contribution is 2.41. The van der Waals surface area contributed by atoms with Crippen molar-refractivity contribution in [1.82, 2.24) is 35.4 Å². The van der Waals surface area contributed by atoms with Crippen LogP contribution < -0.4 is 5.32 Å². The molecule has 4 heterocycles. The molecule has 0 bridgehead atoms. The fourth-order valence-corrected chi connectivity index (χ4v) is 7.23. The largest absolute Gasteiger partial charge is 0.477 e. The molecule has 38 heavy (non-hydrogen) atoms. The quantitative estimate of drug-likeness (QED) is 0.273. The van der Waals surface area contributed by atoms with Crippen LogP contribution in [0.4, 0.5) is 0 Å². The van der Waals surface area contributed by atoms with Gasteiger partial charge in [-0.05, 0) is 39.3 Å². The van der Waals surface area contributed by atoms with Gasteiger partial charge in [-0.3, -0.25) is 19.5 Å². The number of hydrogen-bond donors (Lipinski definition) is 2. The van der Waals surface area contributed by atoms with E-state index >= 15 is 0 Å². The van der Waals surface area contributed by atoms with Crippen molar-refractivity contribution < 1.29 is 19.5 Å². The van der Waals surface area contributed by atoms with Gasteiger partial charge in [0.1, 0.15) is 17.1 Å². The third-order valence-electron chi connectivity index (χ3n) is 5.97. The lowest BCUT2D eigenvalue weighted by Crippen LogP contribution is -2.70. The molecular weight excluding hydrogens is 547 g/mol. The molecule has 0 aliphatic carbocycles. The highest BCUT2D eigenvalue weighted by atomic mass is 32.2. The summed E-state index contributed by atoms with van der Waals surface area (Å²) in [7, 11) is 1.70. The second-order valence-electron chi connectivity index (χ2n) is 8.55. The molecule has 0 radical (unpaired) electrons. The van der Waals surface area contributed by atoms with Crippen LogP contribution >= 0.6 is 35.3 Å². The number of aliphatic carboxylic acids is 1. The van der Waals surface area contributed by atoms with E-state index < -0.39 is 23.3 Å². The Morgan fingerprint density at radius 1 is 1.11 bits per heavy atom. The van der Waals surface area contributed by atoms with Gasteiger partial charge in [-0.25, -0.2) is 9.48 Å². The van der Waals surface area contributed by atoms with Crippen molar-refractivity contribution in [1.29, 1.82) is 0 Å². The molecule has 196 valence electrons. The van der Waals surface area contributed by atoms with Gasteiger partial charge < -0.3 is 10.4 Å². The number of rotatable bonds is 10. The number of aryl methyl sites for hydroxylation is 1. The first-order valence-electron chi connectivity index (χ1n) is 11.6. The van der Waals surface area contributed by atoms with Crippen molar-refractivity contribution in [3.05, 3.63) is 71.2 Å². The van der Waals surface area contributed by atoms with Crippen LogP contribution in [0.1, 0.15) is 11.1 Å². The molecule has 2 aliphatic rings. The average molecular weight is 570 g/mol. The molecule has 2 unspecified atom stereocenters. The number of fused-ring (bicyclic) bond motifs is 1. The zero-order valence-electron chi connectivity index (χ0n) is 20.2. The molecule has 2 aliphatic heterocycles. The lowest BCUT2D eigenvalue weighted by Gasteiger charge is -2.49. The Hall–Kier alpha value is -3.36. The van der Waals surface area contributed by atoms with E-state index in [0.717, 1.165) is 21.8 Å². The van der Waals surface area contributed by atoms with Crippen LogP contribution in [0.3, 0.4) is 0 Å². The second-order valence-corrected chi connectivity index (χ2v) is 11.6. The van der Waals surface area contributed by atoms with E-state index in [-0.39, 0.29) is 18.0 Å². The van der Waals surface area contributed by atoms with E-state index in [1.807, 2.05) is 36.4 Å². The summed E-state index contributed by atoms with van der Waals surface area (Å²) in [6.45, 7) is 0. The summed E-state index contributed by atoms with van der Waals surface area (Å²) in [5.74, 6) is -0.286. The number of nitrogens with one attached hydrogen (secondary N) is 1. The predicted molar refractivity (Wildman–Crippen MR) is 143 cm³/mol. The van der Waals surface area contributed by atoms with Crippen LogP contribution in [-0.2, 0) is 33.6 Å². The number of carboxylic acid groups (broad SMARTS) is 1. The summed E-state index contributed by atoms with van der Waals surface area (Å²) < 4.78 is 1.50. The Labute approximate surface area is 230 Å². The van der Waals surface area contributed by atoms with Gasteiger partial charge in [-0.1, -0.05) is 36.0 Å². The SMILES string of the molecule is Cn1nnnc1SCC1=C(C(=O)O)N2C(=O)C(NC(=O)Cc3ccc(CSc4ccncc4)cc3)C2SC1. The van der Waals surface area contributed by atoms with Crippen LogP contribution in [0.15, 0.2) is 70.1 Å². The Morgan fingerprint density at radius 3 is 2.53 bits per heavy atom. The number of tetrazole rings is 1. The highest BCUT2D eigenvalue weighted by molar-refractivity contribution is 8.01. The van der Waals surface area contributed by atoms with Gasteiger partial charge in [0.15, 0.2) is 0 Å². The Bertz CT molecular complexity index is 1380. The fraction of sp³-hybridized carbons (Fsp3) is 0.292. The number of pyridine rings is 1. The first-order valence-corrected chi connectivity index (χ1v) is 14.6. The minimum absolute atomic E-state index is 0.0212. The Kier molecular flexibility index (Phi) is 8.00. The average Bonchev–Trinajstić information content (AvgIpc) is 3.34. The number of carbonyl (C=O) groups excluding carboxylic acids is 2. The van der Waals surface area contributed by atoms with Crippen molar-refractivity contribution in [2.75, 3.05) is 11.5 Å². The van der Waals surface area contributed by atoms with Gasteiger partial charge in [0, 0.05) is 41.6 Å². The van der Waals surface area contributed by atoms with Crippen LogP contribution in [-0.4, -0.2) is 75.9 Å². The van der Waals surface area contributed by atoms with Crippen LogP contribution in [0.25, 0.3) is 0 Å². The molecule has 2 aromatic heterocycles. The normalized spacial score (nSPS) is 18.7. The number of nitrogens with zero attached hydrogens (tertiary/aromatic N) is 6. The molecular formula is C24H23N7O4S3. The molecule has 1 fully saturated rings. The van der Waals surface area contributed by atoms with Crippen molar-refractivity contribution in [3.8, 4) is 0 Å². The minimum Gasteiger partial charge on any atom is -0.477 e.